The Labute approximate surface area is 106 Å². The molecule has 0 aliphatic carbocycles. The first-order valence-electron chi connectivity index (χ1n) is 5.63. The average Bonchev–Trinajstić information content (AvgIpc) is 2.38. The summed E-state index contributed by atoms with van der Waals surface area (Å²) >= 11 is 1.54. The van der Waals surface area contributed by atoms with Crippen LogP contribution in [0.1, 0.15) is 30.1 Å². The SMILES string of the molecule is CCC(O)CCNC(=O)c1ccc(SC)nc1. The molecule has 0 saturated carbocycles. The highest BCUT2D eigenvalue weighted by Gasteiger charge is 2.06. The van der Waals surface area contributed by atoms with Gasteiger partial charge in [0.2, 0.25) is 0 Å². The summed E-state index contributed by atoms with van der Waals surface area (Å²) in [5.41, 5.74) is 0.550. The van der Waals surface area contributed by atoms with Gasteiger partial charge >= 0.3 is 0 Å². The van der Waals surface area contributed by atoms with Crippen LogP contribution in [-0.4, -0.2) is 34.9 Å². The van der Waals surface area contributed by atoms with Crippen molar-refractivity contribution in [2.45, 2.75) is 30.9 Å². The first-order valence-corrected chi connectivity index (χ1v) is 6.86. The van der Waals surface area contributed by atoms with Crippen molar-refractivity contribution in [3.63, 3.8) is 0 Å². The first-order chi connectivity index (χ1) is 8.17. The van der Waals surface area contributed by atoms with Crippen molar-refractivity contribution in [3.8, 4) is 0 Å². The van der Waals surface area contributed by atoms with Crippen LogP contribution in [-0.2, 0) is 0 Å². The van der Waals surface area contributed by atoms with E-state index in [1.54, 1.807) is 12.3 Å². The predicted molar refractivity (Wildman–Crippen MR) is 69.3 cm³/mol. The quantitative estimate of drug-likeness (QED) is 0.758. The van der Waals surface area contributed by atoms with E-state index in [4.69, 9.17) is 0 Å². The van der Waals surface area contributed by atoms with Gasteiger partial charge < -0.3 is 10.4 Å². The maximum Gasteiger partial charge on any atom is 0.252 e. The van der Waals surface area contributed by atoms with Crippen LogP contribution >= 0.6 is 11.8 Å². The Morgan fingerprint density at radius 3 is 2.88 bits per heavy atom. The van der Waals surface area contributed by atoms with Crippen molar-refractivity contribution >= 4 is 17.7 Å². The van der Waals surface area contributed by atoms with E-state index in [-0.39, 0.29) is 12.0 Å². The summed E-state index contributed by atoms with van der Waals surface area (Å²) in [7, 11) is 0. The number of hydrogen-bond acceptors (Lipinski definition) is 4. The highest BCUT2D eigenvalue weighted by molar-refractivity contribution is 7.98. The Kier molecular flexibility index (Phi) is 6.00. The lowest BCUT2D eigenvalue weighted by molar-refractivity contribution is 0.0941. The minimum absolute atomic E-state index is 0.145. The van der Waals surface area contributed by atoms with Crippen molar-refractivity contribution in [3.05, 3.63) is 23.9 Å². The Hall–Kier alpha value is -1.07. The maximum atomic E-state index is 11.7. The van der Waals surface area contributed by atoms with Crippen LogP contribution in [0.4, 0.5) is 0 Å². The number of aromatic nitrogens is 1. The molecule has 1 atom stereocenters. The predicted octanol–water partition coefficient (Wildman–Crippen LogP) is 1.69. The number of rotatable bonds is 6. The highest BCUT2D eigenvalue weighted by Crippen LogP contribution is 2.10. The molecule has 1 amide bonds. The molecule has 0 fully saturated rings. The third kappa shape index (κ3) is 4.75. The van der Waals surface area contributed by atoms with Gasteiger partial charge in [-0.05, 0) is 31.2 Å². The standard InChI is InChI=1S/C12H18N2O2S/c1-3-10(15)6-7-13-12(16)9-4-5-11(17-2)14-8-9/h4-5,8,10,15H,3,6-7H2,1-2H3,(H,13,16). The zero-order valence-corrected chi connectivity index (χ0v) is 11.0. The number of aliphatic hydroxyl groups is 1. The maximum absolute atomic E-state index is 11.7. The fraction of sp³-hybridized carbons (Fsp3) is 0.500. The minimum Gasteiger partial charge on any atom is -0.393 e. The summed E-state index contributed by atoms with van der Waals surface area (Å²) in [6.45, 7) is 2.40. The van der Waals surface area contributed by atoms with Crippen LogP contribution in [0.5, 0.6) is 0 Å². The van der Waals surface area contributed by atoms with E-state index in [0.29, 0.717) is 24.9 Å². The number of aliphatic hydroxyl groups excluding tert-OH is 1. The van der Waals surface area contributed by atoms with Crippen LogP contribution in [0.2, 0.25) is 0 Å². The van der Waals surface area contributed by atoms with E-state index in [0.717, 1.165) is 5.03 Å². The third-order valence-corrected chi connectivity index (χ3v) is 3.10. The Morgan fingerprint density at radius 1 is 1.59 bits per heavy atom. The summed E-state index contributed by atoms with van der Waals surface area (Å²) in [5, 5.41) is 13.0. The van der Waals surface area contributed by atoms with Crippen molar-refractivity contribution in [1.82, 2.24) is 10.3 Å². The molecule has 4 nitrogen and oxygen atoms in total. The number of carbonyl (C=O) groups excluding carboxylic acids is 1. The number of pyridine rings is 1. The monoisotopic (exact) mass is 254 g/mol. The molecule has 0 bridgehead atoms. The molecule has 0 aromatic carbocycles. The van der Waals surface area contributed by atoms with Crippen LogP contribution in [0.25, 0.3) is 0 Å². The molecule has 2 N–H and O–H groups in total. The van der Waals surface area contributed by atoms with Crippen LogP contribution in [0.15, 0.2) is 23.4 Å². The molecule has 0 aliphatic rings. The molecule has 0 saturated heterocycles. The molecule has 94 valence electrons. The minimum atomic E-state index is -0.340. The number of amides is 1. The van der Waals surface area contributed by atoms with Crippen molar-refractivity contribution < 1.29 is 9.90 Å². The summed E-state index contributed by atoms with van der Waals surface area (Å²) in [6, 6.07) is 3.57. The summed E-state index contributed by atoms with van der Waals surface area (Å²) < 4.78 is 0. The van der Waals surface area contributed by atoms with Gasteiger partial charge in [-0.25, -0.2) is 4.98 Å². The molecule has 17 heavy (non-hydrogen) atoms. The first kappa shape index (κ1) is 14.0. The largest absolute Gasteiger partial charge is 0.393 e. The van der Waals surface area contributed by atoms with Gasteiger partial charge in [0.1, 0.15) is 0 Å². The lowest BCUT2D eigenvalue weighted by Gasteiger charge is -2.08. The van der Waals surface area contributed by atoms with E-state index in [2.05, 4.69) is 10.3 Å². The van der Waals surface area contributed by atoms with E-state index in [1.807, 2.05) is 19.2 Å². The highest BCUT2D eigenvalue weighted by atomic mass is 32.2. The summed E-state index contributed by atoms with van der Waals surface area (Å²) in [5.74, 6) is -0.145. The second-order valence-corrected chi connectivity index (χ2v) is 4.52. The number of hydrogen-bond donors (Lipinski definition) is 2. The van der Waals surface area contributed by atoms with Crippen molar-refractivity contribution in [2.75, 3.05) is 12.8 Å². The fourth-order valence-electron chi connectivity index (χ4n) is 1.29. The van der Waals surface area contributed by atoms with Gasteiger partial charge in [0.15, 0.2) is 0 Å². The molecule has 1 aromatic heterocycles. The molecule has 1 aromatic rings. The second kappa shape index (κ2) is 7.29. The molecule has 1 unspecified atom stereocenters. The van der Waals surface area contributed by atoms with Gasteiger partial charge in [0.05, 0.1) is 16.7 Å². The van der Waals surface area contributed by atoms with Gasteiger partial charge in [-0.2, -0.15) is 0 Å². The Balaban J connectivity index is 2.41. The molecule has 0 aliphatic heterocycles. The molecule has 1 heterocycles. The van der Waals surface area contributed by atoms with Crippen molar-refractivity contribution in [1.29, 1.82) is 0 Å². The van der Waals surface area contributed by atoms with Gasteiger partial charge in [0, 0.05) is 12.7 Å². The van der Waals surface area contributed by atoms with Gasteiger partial charge in [-0.1, -0.05) is 6.92 Å². The average molecular weight is 254 g/mol. The molecular formula is C12H18N2O2S. The molecule has 0 radical (unpaired) electrons. The van der Waals surface area contributed by atoms with E-state index < -0.39 is 0 Å². The van der Waals surface area contributed by atoms with E-state index in [9.17, 15) is 9.90 Å². The number of nitrogens with zero attached hydrogens (tertiary/aromatic N) is 1. The van der Waals surface area contributed by atoms with Gasteiger partial charge in [0.25, 0.3) is 5.91 Å². The van der Waals surface area contributed by atoms with E-state index >= 15 is 0 Å². The lowest BCUT2D eigenvalue weighted by Crippen LogP contribution is -2.27. The zero-order chi connectivity index (χ0) is 12.7. The normalized spacial score (nSPS) is 12.2. The molecule has 1 rings (SSSR count). The van der Waals surface area contributed by atoms with E-state index in [1.165, 1.54) is 11.8 Å². The molecule has 5 heteroatoms. The summed E-state index contributed by atoms with van der Waals surface area (Å²) in [4.78, 5) is 15.8. The number of thioether (sulfide) groups is 1. The molecule has 0 spiro atoms. The Morgan fingerprint density at radius 2 is 2.35 bits per heavy atom. The zero-order valence-electron chi connectivity index (χ0n) is 10.1. The number of carbonyl (C=O) groups is 1. The van der Waals surface area contributed by atoms with Gasteiger partial charge in [-0.3, -0.25) is 4.79 Å². The van der Waals surface area contributed by atoms with Crippen LogP contribution in [0, 0.1) is 0 Å². The topological polar surface area (TPSA) is 62.2 Å². The van der Waals surface area contributed by atoms with Crippen LogP contribution in [0.3, 0.4) is 0 Å². The lowest BCUT2D eigenvalue weighted by atomic mass is 10.2. The second-order valence-electron chi connectivity index (χ2n) is 3.70. The van der Waals surface area contributed by atoms with Gasteiger partial charge in [-0.15, -0.1) is 11.8 Å². The smallest absolute Gasteiger partial charge is 0.252 e. The summed E-state index contributed by atoms with van der Waals surface area (Å²) in [6.07, 6.45) is 4.46. The Bertz CT molecular complexity index is 354. The fourth-order valence-corrected chi connectivity index (χ4v) is 1.66. The van der Waals surface area contributed by atoms with Crippen LogP contribution < -0.4 is 5.32 Å². The third-order valence-electron chi connectivity index (χ3n) is 2.44. The molecular weight excluding hydrogens is 236 g/mol. The number of nitrogens with one attached hydrogen (secondary N) is 1. The van der Waals surface area contributed by atoms with Crippen molar-refractivity contribution in [2.24, 2.45) is 0 Å².